The Kier molecular flexibility index (Phi) is 5.70. The monoisotopic (exact) mass is 340 g/mol. The molecule has 1 aromatic rings. The third-order valence-electron chi connectivity index (χ3n) is 3.13. The van der Waals surface area contributed by atoms with Gasteiger partial charge >= 0.3 is 0 Å². The molecule has 0 aromatic heterocycles. The van der Waals surface area contributed by atoms with E-state index in [1.165, 1.54) is 32.7 Å². The number of nitrogens with one attached hydrogen (secondary N) is 1. The largest absolute Gasteiger partial charge is 0.389 e. The Morgan fingerprint density at radius 1 is 1.09 bits per heavy atom. The third-order valence-corrected chi connectivity index (χ3v) is 3.13. The molecule has 0 saturated heterocycles. The molecule has 130 valence electrons. The normalized spacial score (nSPS) is 13.3. The molecule has 0 aliphatic carbocycles. The van der Waals surface area contributed by atoms with E-state index in [-0.39, 0.29) is 6.54 Å². The standard InChI is InChI=1S/C14H17F5N2O2/c1-6(21(4)5-14(2,3)23)13(22)20-12-10(18)8(16)7(15)9(17)11(12)19/h6,23H,5H2,1-4H3,(H,20,22). The Balaban J connectivity index is 3.03. The maximum absolute atomic E-state index is 13.5. The first kappa shape index (κ1) is 19.3. The van der Waals surface area contributed by atoms with E-state index < -0.39 is 52.3 Å². The fourth-order valence-corrected chi connectivity index (χ4v) is 1.89. The van der Waals surface area contributed by atoms with E-state index >= 15 is 0 Å². The molecule has 1 aromatic carbocycles. The molecule has 4 nitrogen and oxygen atoms in total. The SMILES string of the molecule is CC(C(=O)Nc1c(F)c(F)c(F)c(F)c1F)N(C)CC(C)(C)O. The van der Waals surface area contributed by atoms with Gasteiger partial charge in [0.2, 0.25) is 11.7 Å². The molecular weight excluding hydrogens is 323 g/mol. The maximum atomic E-state index is 13.5. The van der Waals surface area contributed by atoms with Crippen molar-refractivity contribution in [2.75, 3.05) is 18.9 Å². The van der Waals surface area contributed by atoms with Crippen LogP contribution in [0.4, 0.5) is 27.6 Å². The molecule has 1 atom stereocenters. The van der Waals surface area contributed by atoms with Crippen LogP contribution in [0.15, 0.2) is 0 Å². The first-order chi connectivity index (χ1) is 10.4. The van der Waals surface area contributed by atoms with Gasteiger partial charge in [-0.1, -0.05) is 0 Å². The number of nitrogens with zero attached hydrogens (tertiary/aromatic N) is 1. The Morgan fingerprint density at radius 2 is 1.48 bits per heavy atom. The lowest BCUT2D eigenvalue weighted by Crippen LogP contribution is -2.46. The van der Waals surface area contributed by atoms with Crippen molar-refractivity contribution in [1.82, 2.24) is 4.90 Å². The number of benzene rings is 1. The van der Waals surface area contributed by atoms with Crippen LogP contribution >= 0.6 is 0 Å². The number of amides is 1. The molecule has 1 amide bonds. The van der Waals surface area contributed by atoms with Gasteiger partial charge in [-0.25, -0.2) is 22.0 Å². The molecule has 0 aliphatic heterocycles. The molecule has 9 heteroatoms. The molecule has 0 heterocycles. The van der Waals surface area contributed by atoms with E-state index in [0.717, 1.165) is 0 Å². The van der Waals surface area contributed by atoms with Crippen LogP contribution in [0.1, 0.15) is 20.8 Å². The van der Waals surface area contributed by atoms with Gasteiger partial charge in [-0.05, 0) is 27.8 Å². The summed E-state index contributed by atoms with van der Waals surface area (Å²) in [6.45, 7) is 4.36. The molecule has 0 fully saturated rings. The van der Waals surface area contributed by atoms with Gasteiger partial charge in [-0.2, -0.15) is 0 Å². The fraction of sp³-hybridized carbons (Fsp3) is 0.500. The van der Waals surface area contributed by atoms with Gasteiger partial charge in [0, 0.05) is 6.54 Å². The van der Waals surface area contributed by atoms with Crippen LogP contribution in [0.2, 0.25) is 0 Å². The first-order valence-corrected chi connectivity index (χ1v) is 6.61. The zero-order valence-corrected chi connectivity index (χ0v) is 13.0. The number of anilines is 1. The van der Waals surface area contributed by atoms with Crippen molar-refractivity contribution in [1.29, 1.82) is 0 Å². The predicted molar refractivity (Wildman–Crippen MR) is 73.3 cm³/mol. The van der Waals surface area contributed by atoms with Crippen LogP contribution in [0.25, 0.3) is 0 Å². The highest BCUT2D eigenvalue weighted by molar-refractivity contribution is 5.94. The molecule has 23 heavy (non-hydrogen) atoms. The van der Waals surface area contributed by atoms with Crippen molar-refractivity contribution in [3.63, 3.8) is 0 Å². The molecule has 0 spiro atoms. The number of hydrogen-bond acceptors (Lipinski definition) is 3. The van der Waals surface area contributed by atoms with Gasteiger partial charge in [0.25, 0.3) is 0 Å². The van der Waals surface area contributed by atoms with Crippen LogP contribution in [-0.2, 0) is 4.79 Å². The summed E-state index contributed by atoms with van der Waals surface area (Å²) in [5, 5.41) is 11.4. The van der Waals surface area contributed by atoms with Gasteiger partial charge in [0.1, 0.15) is 5.69 Å². The minimum Gasteiger partial charge on any atom is -0.389 e. The van der Waals surface area contributed by atoms with Gasteiger partial charge in [-0.15, -0.1) is 0 Å². The van der Waals surface area contributed by atoms with Crippen molar-refractivity contribution in [2.45, 2.75) is 32.4 Å². The van der Waals surface area contributed by atoms with Gasteiger partial charge in [0.05, 0.1) is 11.6 Å². The second kappa shape index (κ2) is 6.79. The van der Waals surface area contributed by atoms with Crippen LogP contribution in [0.3, 0.4) is 0 Å². The minimum absolute atomic E-state index is 0.0404. The third kappa shape index (κ3) is 4.38. The summed E-state index contributed by atoms with van der Waals surface area (Å²) < 4.78 is 66.1. The van der Waals surface area contributed by atoms with E-state index in [1.54, 1.807) is 5.32 Å². The quantitative estimate of drug-likeness (QED) is 0.492. The highest BCUT2D eigenvalue weighted by Gasteiger charge is 2.29. The fourth-order valence-electron chi connectivity index (χ4n) is 1.89. The van der Waals surface area contributed by atoms with E-state index in [1.807, 2.05) is 0 Å². The number of carbonyl (C=O) groups is 1. The van der Waals surface area contributed by atoms with Crippen molar-refractivity contribution in [3.8, 4) is 0 Å². The summed E-state index contributed by atoms with van der Waals surface area (Å²) in [6, 6.07) is -0.989. The number of likely N-dealkylation sites (N-methyl/N-ethyl adjacent to an activating group) is 1. The second-order valence-corrected chi connectivity index (χ2v) is 5.84. The lowest BCUT2D eigenvalue weighted by molar-refractivity contribution is -0.121. The van der Waals surface area contributed by atoms with Gasteiger partial charge in [-0.3, -0.25) is 9.69 Å². The molecule has 0 bridgehead atoms. The molecule has 2 N–H and O–H groups in total. The van der Waals surface area contributed by atoms with Crippen molar-refractivity contribution in [2.24, 2.45) is 0 Å². The zero-order chi connectivity index (χ0) is 18.1. The molecule has 1 rings (SSSR count). The van der Waals surface area contributed by atoms with Crippen LogP contribution in [-0.4, -0.2) is 41.1 Å². The summed E-state index contributed by atoms with van der Waals surface area (Å²) in [5.74, 6) is -11.8. The summed E-state index contributed by atoms with van der Waals surface area (Å²) in [4.78, 5) is 13.3. The van der Waals surface area contributed by atoms with E-state index in [2.05, 4.69) is 0 Å². The summed E-state index contributed by atoms with van der Waals surface area (Å²) in [6.07, 6.45) is 0. The van der Waals surface area contributed by atoms with Gasteiger partial charge < -0.3 is 10.4 Å². The topological polar surface area (TPSA) is 52.6 Å². The smallest absolute Gasteiger partial charge is 0.241 e. The number of rotatable bonds is 5. The van der Waals surface area contributed by atoms with E-state index in [0.29, 0.717) is 0 Å². The van der Waals surface area contributed by atoms with Crippen LogP contribution in [0, 0.1) is 29.1 Å². The number of hydrogen-bond donors (Lipinski definition) is 2. The maximum Gasteiger partial charge on any atom is 0.241 e. The van der Waals surface area contributed by atoms with Crippen molar-refractivity contribution >= 4 is 11.6 Å². The molecule has 0 saturated carbocycles. The summed E-state index contributed by atoms with van der Waals surface area (Å²) in [7, 11) is 1.46. The predicted octanol–water partition coefficient (Wildman–Crippen LogP) is 2.41. The number of carbonyl (C=O) groups excluding carboxylic acids is 1. The van der Waals surface area contributed by atoms with Crippen LogP contribution < -0.4 is 5.32 Å². The molecule has 1 unspecified atom stereocenters. The Hall–Kier alpha value is -1.74. The molecule has 0 radical (unpaired) electrons. The first-order valence-electron chi connectivity index (χ1n) is 6.61. The lowest BCUT2D eigenvalue weighted by Gasteiger charge is -2.29. The lowest BCUT2D eigenvalue weighted by atomic mass is 10.1. The van der Waals surface area contributed by atoms with E-state index in [9.17, 15) is 31.9 Å². The van der Waals surface area contributed by atoms with Crippen molar-refractivity contribution < 1.29 is 31.9 Å². The second-order valence-electron chi connectivity index (χ2n) is 5.84. The van der Waals surface area contributed by atoms with E-state index in [4.69, 9.17) is 0 Å². The average Bonchev–Trinajstić information content (AvgIpc) is 2.44. The zero-order valence-electron chi connectivity index (χ0n) is 13.0. The highest BCUT2D eigenvalue weighted by Crippen LogP contribution is 2.27. The Morgan fingerprint density at radius 3 is 1.87 bits per heavy atom. The Labute approximate surface area is 129 Å². The highest BCUT2D eigenvalue weighted by atomic mass is 19.2. The number of halogens is 5. The van der Waals surface area contributed by atoms with Gasteiger partial charge in [0.15, 0.2) is 23.3 Å². The van der Waals surface area contributed by atoms with Crippen LogP contribution in [0.5, 0.6) is 0 Å². The minimum atomic E-state index is -2.30. The summed E-state index contributed by atoms with van der Waals surface area (Å²) >= 11 is 0. The average molecular weight is 340 g/mol. The van der Waals surface area contributed by atoms with Crippen molar-refractivity contribution in [3.05, 3.63) is 29.1 Å². The molecule has 0 aliphatic rings. The number of aliphatic hydroxyl groups is 1. The molecular formula is C14H17F5N2O2. The Bertz CT molecular complexity index is 587. The summed E-state index contributed by atoms with van der Waals surface area (Å²) in [5.41, 5.74) is -2.55.